The van der Waals surface area contributed by atoms with E-state index in [1.54, 1.807) is 36.5 Å². The van der Waals surface area contributed by atoms with Crippen LogP contribution in [0.4, 0.5) is 0 Å². The molecule has 0 saturated heterocycles. The first-order chi connectivity index (χ1) is 9.06. The zero-order valence-corrected chi connectivity index (χ0v) is 11.9. The Morgan fingerprint density at radius 1 is 1.37 bits per heavy atom. The van der Waals surface area contributed by atoms with Gasteiger partial charge < -0.3 is 10.4 Å². The summed E-state index contributed by atoms with van der Waals surface area (Å²) < 4.78 is 0.824. The van der Waals surface area contributed by atoms with E-state index in [1.165, 1.54) is 0 Å². The highest BCUT2D eigenvalue weighted by Crippen LogP contribution is 2.18. The van der Waals surface area contributed by atoms with Crippen molar-refractivity contribution in [3.05, 3.63) is 58.3 Å². The Bertz CT molecular complexity index is 584. The highest BCUT2D eigenvalue weighted by molar-refractivity contribution is 9.10. The van der Waals surface area contributed by atoms with Crippen molar-refractivity contribution in [2.45, 2.75) is 13.0 Å². The Labute approximate surface area is 119 Å². The molecule has 5 heteroatoms. The SMILES string of the molecule is CC(NC(=O)c1ccc(Br)cn1)c1cccc(O)c1. The molecule has 1 amide bonds. The molecule has 0 aliphatic rings. The third kappa shape index (κ3) is 3.54. The first-order valence-corrected chi connectivity index (χ1v) is 6.57. The number of rotatable bonds is 3. The molecule has 2 N–H and O–H groups in total. The predicted octanol–water partition coefficient (Wildman–Crippen LogP) is 3.04. The van der Waals surface area contributed by atoms with Crippen molar-refractivity contribution in [1.82, 2.24) is 10.3 Å². The van der Waals surface area contributed by atoms with Gasteiger partial charge in [-0.15, -0.1) is 0 Å². The number of halogens is 1. The van der Waals surface area contributed by atoms with E-state index in [0.29, 0.717) is 5.69 Å². The zero-order chi connectivity index (χ0) is 13.8. The van der Waals surface area contributed by atoms with Crippen LogP contribution < -0.4 is 5.32 Å². The molecule has 4 nitrogen and oxygen atoms in total. The first-order valence-electron chi connectivity index (χ1n) is 5.77. The fraction of sp³-hybridized carbons (Fsp3) is 0.143. The van der Waals surface area contributed by atoms with Crippen LogP contribution in [-0.2, 0) is 0 Å². The third-order valence-corrected chi connectivity index (χ3v) is 3.15. The lowest BCUT2D eigenvalue weighted by Crippen LogP contribution is -2.27. The van der Waals surface area contributed by atoms with Crippen LogP contribution in [-0.4, -0.2) is 16.0 Å². The molecular formula is C14H13BrN2O2. The predicted molar refractivity (Wildman–Crippen MR) is 75.9 cm³/mol. The number of carbonyl (C=O) groups excluding carboxylic acids is 1. The van der Waals surface area contributed by atoms with Gasteiger partial charge >= 0.3 is 0 Å². The van der Waals surface area contributed by atoms with E-state index in [4.69, 9.17) is 0 Å². The highest BCUT2D eigenvalue weighted by atomic mass is 79.9. The molecule has 1 unspecified atom stereocenters. The van der Waals surface area contributed by atoms with Crippen LogP contribution in [0.1, 0.15) is 29.0 Å². The van der Waals surface area contributed by atoms with Gasteiger partial charge in [-0.05, 0) is 52.7 Å². The van der Waals surface area contributed by atoms with E-state index in [-0.39, 0.29) is 17.7 Å². The molecule has 19 heavy (non-hydrogen) atoms. The highest BCUT2D eigenvalue weighted by Gasteiger charge is 2.12. The van der Waals surface area contributed by atoms with Crippen LogP contribution in [0.25, 0.3) is 0 Å². The number of nitrogens with one attached hydrogen (secondary N) is 1. The second-order valence-corrected chi connectivity index (χ2v) is 5.07. The minimum absolute atomic E-state index is 0.181. The Hall–Kier alpha value is -1.88. The average molecular weight is 321 g/mol. The molecule has 1 heterocycles. The minimum atomic E-state index is -0.247. The second kappa shape index (κ2) is 5.84. The Kier molecular flexibility index (Phi) is 4.16. The summed E-state index contributed by atoms with van der Waals surface area (Å²) in [6.45, 7) is 1.85. The largest absolute Gasteiger partial charge is 0.508 e. The lowest BCUT2D eigenvalue weighted by molar-refractivity contribution is 0.0934. The van der Waals surface area contributed by atoms with Crippen LogP contribution in [0.15, 0.2) is 47.1 Å². The number of carbonyl (C=O) groups is 1. The normalized spacial score (nSPS) is 11.9. The van der Waals surface area contributed by atoms with Crippen LogP contribution in [0, 0.1) is 0 Å². The lowest BCUT2D eigenvalue weighted by atomic mass is 10.1. The molecule has 0 spiro atoms. The number of pyridine rings is 1. The maximum atomic E-state index is 12.0. The molecule has 0 bridgehead atoms. The molecule has 0 fully saturated rings. The fourth-order valence-electron chi connectivity index (χ4n) is 1.66. The fourth-order valence-corrected chi connectivity index (χ4v) is 1.89. The van der Waals surface area contributed by atoms with Crippen molar-refractivity contribution in [1.29, 1.82) is 0 Å². The number of amides is 1. The van der Waals surface area contributed by atoms with Gasteiger partial charge in [0.05, 0.1) is 6.04 Å². The summed E-state index contributed by atoms with van der Waals surface area (Å²) in [7, 11) is 0. The van der Waals surface area contributed by atoms with Gasteiger partial charge in [0, 0.05) is 10.7 Å². The van der Waals surface area contributed by atoms with E-state index >= 15 is 0 Å². The van der Waals surface area contributed by atoms with Crippen LogP contribution >= 0.6 is 15.9 Å². The summed E-state index contributed by atoms with van der Waals surface area (Å²) in [4.78, 5) is 16.0. The Balaban J connectivity index is 2.08. The van der Waals surface area contributed by atoms with Crippen molar-refractivity contribution in [3.8, 4) is 5.75 Å². The zero-order valence-electron chi connectivity index (χ0n) is 10.3. The second-order valence-electron chi connectivity index (χ2n) is 4.15. The topological polar surface area (TPSA) is 62.2 Å². The summed E-state index contributed by atoms with van der Waals surface area (Å²) in [6.07, 6.45) is 1.58. The monoisotopic (exact) mass is 320 g/mol. The molecule has 2 rings (SSSR count). The van der Waals surface area contributed by atoms with Crippen molar-refractivity contribution >= 4 is 21.8 Å². The number of nitrogens with zero attached hydrogens (tertiary/aromatic N) is 1. The quantitative estimate of drug-likeness (QED) is 0.913. The maximum absolute atomic E-state index is 12.0. The smallest absolute Gasteiger partial charge is 0.270 e. The summed E-state index contributed by atoms with van der Waals surface area (Å²) in [6, 6.07) is 10.0. The molecule has 0 radical (unpaired) electrons. The van der Waals surface area contributed by atoms with Crippen LogP contribution in [0.2, 0.25) is 0 Å². The van der Waals surface area contributed by atoms with Gasteiger partial charge in [0.2, 0.25) is 0 Å². The molecule has 1 atom stereocenters. The van der Waals surface area contributed by atoms with Gasteiger partial charge in [0.15, 0.2) is 0 Å². The number of hydrogen-bond donors (Lipinski definition) is 2. The Morgan fingerprint density at radius 2 is 2.16 bits per heavy atom. The van der Waals surface area contributed by atoms with Gasteiger partial charge in [0.25, 0.3) is 5.91 Å². The number of benzene rings is 1. The molecule has 0 aliphatic heterocycles. The van der Waals surface area contributed by atoms with Crippen molar-refractivity contribution in [2.75, 3.05) is 0 Å². The van der Waals surface area contributed by atoms with E-state index < -0.39 is 0 Å². The van der Waals surface area contributed by atoms with Gasteiger partial charge in [-0.1, -0.05) is 12.1 Å². The molecule has 0 saturated carbocycles. The number of phenolic OH excluding ortho intramolecular Hbond substituents is 1. The van der Waals surface area contributed by atoms with Gasteiger partial charge in [-0.3, -0.25) is 4.79 Å². The first kappa shape index (κ1) is 13.5. The average Bonchev–Trinajstić information content (AvgIpc) is 2.39. The van der Waals surface area contributed by atoms with Gasteiger partial charge in [-0.2, -0.15) is 0 Å². The number of aromatic nitrogens is 1. The number of phenols is 1. The summed E-state index contributed by atoms with van der Waals surface area (Å²) in [5.74, 6) is -0.0660. The lowest BCUT2D eigenvalue weighted by Gasteiger charge is -2.14. The summed E-state index contributed by atoms with van der Waals surface area (Å²) in [5, 5.41) is 12.2. The molecule has 0 aliphatic carbocycles. The van der Waals surface area contributed by atoms with E-state index in [1.807, 2.05) is 13.0 Å². The van der Waals surface area contributed by atoms with E-state index in [0.717, 1.165) is 10.0 Å². The van der Waals surface area contributed by atoms with Gasteiger partial charge in [-0.25, -0.2) is 4.98 Å². The minimum Gasteiger partial charge on any atom is -0.508 e. The van der Waals surface area contributed by atoms with Crippen LogP contribution in [0.5, 0.6) is 5.75 Å². The van der Waals surface area contributed by atoms with E-state index in [2.05, 4.69) is 26.2 Å². The maximum Gasteiger partial charge on any atom is 0.270 e. The summed E-state index contributed by atoms with van der Waals surface area (Å²) in [5.41, 5.74) is 1.20. The molecule has 2 aromatic rings. The van der Waals surface area contributed by atoms with Crippen LogP contribution in [0.3, 0.4) is 0 Å². The standard InChI is InChI=1S/C14H13BrN2O2/c1-9(10-3-2-4-12(18)7-10)17-14(19)13-6-5-11(15)8-16-13/h2-9,18H,1H3,(H,17,19). The Morgan fingerprint density at radius 3 is 2.79 bits per heavy atom. The van der Waals surface area contributed by atoms with E-state index in [9.17, 15) is 9.90 Å². The molecule has 1 aromatic carbocycles. The number of hydrogen-bond acceptors (Lipinski definition) is 3. The van der Waals surface area contributed by atoms with Crippen molar-refractivity contribution in [2.24, 2.45) is 0 Å². The third-order valence-electron chi connectivity index (χ3n) is 2.68. The van der Waals surface area contributed by atoms with Crippen molar-refractivity contribution < 1.29 is 9.90 Å². The van der Waals surface area contributed by atoms with Gasteiger partial charge in [0.1, 0.15) is 11.4 Å². The number of aromatic hydroxyl groups is 1. The molecule has 1 aromatic heterocycles. The molecule has 98 valence electrons. The van der Waals surface area contributed by atoms with Crippen molar-refractivity contribution in [3.63, 3.8) is 0 Å². The molecular weight excluding hydrogens is 308 g/mol. The summed E-state index contributed by atoms with van der Waals surface area (Å²) >= 11 is 3.27.